The first kappa shape index (κ1) is 10.9. The lowest BCUT2D eigenvalue weighted by Gasteiger charge is -2.08. The van der Waals surface area contributed by atoms with Gasteiger partial charge in [0.1, 0.15) is 5.82 Å². The molecule has 0 aromatic carbocycles. The summed E-state index contributed by atoms with van der Waals surface area (Å²) < 4.78 is 1.80. The van der Waals surface area contributed by atoms with Crippen LogP contribution >= 0.6 is 31.9 Å². The van der Waals surface area contributed by atoms with E-state index >= 15 is 0 Å². The molecule has 1 unspecified atom stereocenters. The molecule has 0 amide bonds. The molecule has 0 saturated heterocycles. The third kappa shape index (κ3) is 3.62. The molecule has 0 saturated carbocycles. The molecule has 72 valence electrons. The molecule has 0 bridgehead atoms. The minimum Gasteiger partial charge on any atom is -0.392 e. The molecule has 3 nitrogen and oxygen atoms in total. The van der Waals surface area contributed by atoms with Gasteiger partial charge in [-0.1, -0.05) is 0 Å². The molecule has 2 N–H and O–H groups in total. The van der Waals surface area contributed by atoms with E-state index in [9.17, 15) is 0 Å². The fraction of sp³-hybridized carbons (Fsp3) is 0.375. The summed E-state index contributed by atoms with van der Waals surface area (Å²) in [5.74, 6) is 0.740. The largest absolute Gasteiger partial charge is 0.392 e. The molecule has 1 aromatic heterocycles. The van der Waals surface area contributed by atoms with E-state index in [1.807, 2.05) is 6.07 Å². The second kappa shape index (κ2) is 4.93. The Bertz CT molecular complexity index is 291. The molecule has 0 aliphatic heterocycles. The summed E-state index contributed by atoms with van der Waals surface area (Å²) in [4.78, 5) is 4.13. The van der Waals surface area contributed by atoms with Gasteiger partial charge in [0.05, 0.1) is 10.6 Å². The highest BCUT2D eigenvalue weighted by Gasteiger charge is 2.02. The number of nitrogens with one attached hydrogen (secondary N) is 1. The van der Waals surface area contributed by atoms with Crippen LogP contribution in [0.15, 0.2) is 21.2 Å². The highest BCUT2D eigenvalue weighted by Crippen LogP contribution is 2.23. The normalized spacial score (nSPS) is 12.6. The van der Waals surface area contributed by atoms with Gasteiger partial charge in [0, 0.05) is 17.2 Å². The highest BCUT2D eigenvalue weighted by atomic mass is 79.9. The van der Waals surface area contributed by atoms with Crippen molar-refractivity contribution in [3.63, 3.8) is 0 Å². The number of pyridine rings is 1. The number of nitrogens with zero attached hydrogens (tertiary/aromatic N) is 1. The number of aliphatic hydroxyl groups is 1. The van der Waals surface area contributed by atoms with Gasteiger partial charge in [-0.15, -0.1) is 0 Å². The van der Waals surface area contributed by atoms with Gasteiger partial charge in [-0.25, -0.2) is 4.98 Å². The quantitative estimate of drug-likeness (QED) is 0.901. The van der Waals surface area contributed by atoms with Crippen LogP contribution in [0.5, 0.6) is 0 Å². The van der Waals surface area contributed by atoms with Gasteiger partial charge in [0.15, 0.2) is 0 Å². The van der Waals surface area contributed by atoms with Crippen molar-refractivity contribution in [3.8, 4) is 0 Å². The van der Waals surface area contributed by atoms with E-state index in [-0.39, 0.29) is 6.10 Å². The smallest absolute Gasteiger partial charge is 0.140 e. The van der Waals surface area contributed by atoms with Gasteiger partial charge in [0.25, 0.3) is 0 Å². The van der Waals surface area contributed by atoms with Crippen LogP contribution in [0.25, 0.3) is 0 Å². The lowest BCUT2D eigenvalue weighted by molar-refractivity contribution is 0.208. The molecule has 1 heterocycles. The Morgan fingerprint density at radius 3 is 2.85 bits per heavy atom. The third-order valence-corrected chi connectivity index (χ3v) is 2.41. The first-order chi connectivity index (χ1) is 6.09. The SMILES string of the molecule is CC(O)CNc1ncc(Br)cc1Br. The van der Waals surface area contributed by atoms with Crippen LogP contribution in [0, 0.1) is 0 Å². The van der Waals surface area contributed by atoms with Crippen LogP contribution in [0.2, 0.25) is 0 Å². The number of hydrogen-bond donors (Lipinski definition) is 2. The summed E-state index contributed by atoms with van der Waals surface area (Å²) in [6.07, 6.45) is 1.33. The van der Waals surface area contributed by atoms with Gasteiger partial charge < -0.3 is 10.4 Å². The van der Waals surface area contributed by atoms with Crippen molar-refractivity contribution in [2.75, 3.05) is 11.9 Å². The fourth-order valence-corrected chi connectivity index (χ4v) is 1.92. The van der Waals surface area contributed by atoms with E-state index in [1.165, 1.54) is 0 Å². The lowest BCUT2D eigenvalue weighted by Crippen LogP contribution is -2.16. The molecule has 5 heteroatoms. The van der Waals surface area contributed by atoms with Crippen molar-refractivity contribution < 1.29 is 5.11 Å². The minimum atomic E-state index is -0.377. The van der Waals surface area contributed by atoms with Crippen molar-refractivity contribution in [2.45, 2.75) is 13.0 Å². The summed E-state index contributed by atoms with van der Waals surface area (Å²) in [6.45, 7) is 2.22. The average molecular weight is 310 g/mol. The molecule has 0 fully saturated rings. The van der Waals surface area contributed by atoms with Gasteiger partial charge in [-0.3, -0.25) is 0 Å². The van der Waals surface area contributed by atoms with Crippen LogP contribution in [-0.2, 0) is 0 Å². The molecule has 0 aliphatic carbocycles. The summed E-state index contributed by atoms with van der Waals surface area (Å²) in [5, 5.41) is 12.1. The lowest BCUT2D eigenvalue weighted by atomic mass is 10.4. The predicted molar refractivity (Wildman–Crippen MR) is 59.8 cm³/mol. The first-order valence-electron chi connectivity index (χ1n) is 3.82. The Morgan fingerprint density at radius 1 is 1.62 bits per heavy atom. The number of hydrogen-bond acceptors (Lipinski definition) is 3. The molecule has 1 rings (SSSR count). The Kier molecular flexibility index (Phi) is 4.15. The van der Waals surface area contributed by atoms with Gasteiger partial charge in [0.2, 0.25) is 0 Å². The van der Waals surface area contributed by atoms with E-state index in [4.69, 9.17) is 5.11 Å². The summed E-state index contributed by atoms with van der Waals surface area (Å²) >= 11 is 6.67. The molecule has 0 aliphatic rings. The van der Waals surface area contributed by atoms with Crippen molar-refractivity contribution in [1.29, 1.82) is 0 Å². The molecule has 13 heavy (non-hydrogen) atoms. The topological polar surface area (TPSA) is 45.1 Å². The number of aliphatic hydroxyl groups excluding tert-OH is 1. The second-order valence-corrected chi connectivity index (χ2v) is 4.48. The van der Waals surface area contributed by atoms with E-state index in [1.54, 1.807) is 13.1 Å². The average Bonchev–Trinajstić information content (AvgIpc) is 2.02. The van der Waals surface area contributed by atoms with Crippen molar-refractivity contribution in [1.82, 2.24) is 4.98 Å². The third-order valence-electron chi connectivity index (χ3n) is 1.37. The zero-order chi connectivity index (χ0) is 9.84. The zero-order valence-corrected chi connectivity index (χ0v) is 10.3. The van der Waals surface area contributed by atoms with Gasteiger partial charge in [-0.2, -0.15) is 0 Å². The van der Waals surface area contributed by atoms with Crippen molar-refractivity contribution >= 4 is 37.7 Å². The monoisotopic (exact) mass is 308 g/mol. The van der Waals surface area contributed by atoms with Crippen LogP contribution in [-0.4, -0.2) is 22.7 Å². The van der Waals surface area contributed by atoms with E-state index in [0.717, 1.165) is 14.8 Å². The summed E-state index contributed by atoms with van der Waals surface area (Å²) in [6, 6.07) is 1.90. The van der Waals surface area contributed by atoms with Gasteiger partial charge >= 0.3 is 0 Å². The molecule has 0 radical (unpaired) electrons. The first-order valence-corrected chi connectivity index (χ1v) is 5.41. The van der Waals surface area contributed by atoms with E-state index in [2.05, 4.69) is 42.2 Å². The Labute approximate surface area is 93.8 Å². The molecule has 0 spiro atoms. The summed E-state index contributed by atoms with van der Waals surface area (Å²) in [7, 11) is 0. The maximum absolute atomic E-state index is 9.04. The predicted octanol–water partition coefficient (Wildman–Crippen LogP) is 2.40. The minimum absolute atomic E-state index is 0.377. The molecule has 1 atom stereocenters. The fourth-order valence-electron chi connectivity index (χ4n) is 0.789. The second-order valence-electron chi connectivity index (χ2n) is 2.71. The van der Waals surface area contributed by atoms with Crippen LogP contribution in [0.3, 0.4) is 0 Å². The molecule has 1 aromatic rings. The van der Waals surface area contributed by atoms with Crippen LogP contribution in [0.1, 0.15) is 6.92 Å². The van der Waals surface area contributed by atoms with Crippen LogP contribution in [0.4, 0.5) is 5.82 Å². The zero-order valence-electron chi connectivity index (χ0n) is 7.09. The summed E-state index contributed by atoms with van der Waals surface area (Å²) in [5.41, 5.74) is 0. The number of aromatic nitrogens is 1. The maximum atomic E-state index is 9.04. The van der Waals surface area contributed by atoms with Crippen molar-refractivity contribution in [2.24, 2.45) is 0 Å². The number of rotatable bonds is 3. The van der Waals surface area contributed by atoms with E-state index in [0.29, 0.717) is 6.54 Å². The Balaban J connectivity index is 2.67. The number of halogens is 2. The van der Waals surface area contributed by atoms with Crippen molar-refractivity contribution in [3.05, 3.63) is 21.2 Å². The Morgan fingerprint density at radius 2 is 2.31 bits per heavy atom. The standard InChI is InChI=1S/C8H10Br2N2O/c1-5(13)3-11-8-7(10)2-6(9)4-12-8/h2,4-5,13H,3H2,1H3,(H,11,12). The van der Waals surface area contributed by atoms with E-state index < -0.39 is 0 Å². The molecular formula is C8H10Br2N2O. The Hall–Kier alpha value is -0.130. The maximum Gasteiger partial charge on any atom is 0.140 e. The van der Waals surface area contributed by atoms with Crippen LogP contribution < -0.4 is 5.32 Å². The van der Waals surface area contributed by atoms with Gasteiger partial charge in [-0.05, 0) is 44.8 Å². The number of anilines is 1. The highest BCUT2D eigenvalue weighted by molar-refractivity contribution is 9.11. The molecular weight excluding hydrogens is 300 g/mol.